The number of rotatable bonds is 7. The lowest BCUT2D eigenvalue weighted by Crippen LogP contribution is -2.45. The van der Waals surface area contributed by atoms with E-state index in [0.717, 1.165) is 5.56 Å². The van der Waals surface area contributed by atoms with Gasteiger partial charge in [-0.3, -0.25) is 0 Å². The molecule has 4 nitrogen and oxygen atoms in total. The van der Waals surface area contributed by atoms with Crippen LogP contribution >= 0.6 is 11.6 Å². The number of benzene rings is 1. The topological polar surface area (TPSA) is 52.6 Å². The fourth-order valence-electron chi connectivity index (χ4n) is 1.96. The van der Waals surface area contributed by atoms with Gasteiger partial charge in [0.15, 0.2) is 0 Å². The molecule has 0 saturated carbocycles. The molecule has 0 saturated heterocycles. The van der Waals surface area contributed by atoms with Crippen molar-refractivity contribution >= 4 is 17.6 Å². The number of hydrogen-bond donors (Lipinski definition) is 2. The van der Waals surface area contributed by atoms with Crippen molar-refractivity contribution in [2.45, 2.75) is 19.3 Å². The third kappa shape index (κ3) is 5.40. The molecule has 0 aliphatic heterocycles. The number of carbonyl (C=O) groups is 1. The van der Waals surface area contributed by atoms with Crippen LogP contribution in [0.15, 0.2) is 36.9 Å². The highest BCUT2D eigenvalue weighted by molar-refractivity contribution is 6.30. The van der Waals surface area contributed by atoms with Gasteiger partial charge in [-0.25, -0.2) is 4.79 Å². The van der Waals surface area contributed by atoms with Crippen molar-refractivity contribution in [2.75, 3.05) is 26.2 Å². The molecule has 0 radical (unpaired) electrons. The zero-order valence-electron chi connectivity index (χ0n) is 12.6. The Balaban J connectivity index is 2.65. The highest BCUT2D eigenvalue weighted by Gasteiger charge is 2.22. The van der Waals surface area contributed by atoms with Gasteiger partial charge < -0.3 is 15.3 Å². The summed E-state index contributed by atoms with van der Waals surface area (Å²) in [6, 6.07) is 7.41. The Labute approximate surface area is 131 Å². The molecule has 0 aliphatic carbocycles. The predicted molar refractivity (Wildman–Crippen MR) is 86.7 cm³/mol. The zero-order chi connectivity index (χ0) is 15.9. The van der Waals surface area contributed by atoms with Gasteiger partial charge in [-0.15, -0.1) is 6.58 Å². The molecule has 0 fully saturated rings. The van der Waals surface area contributed by atoms with Gasteiger partial charge in [0, 0.05) is 30.1 Å². The van der Waals surface area contributed by atoms with Gasteiger partial charge in [-0.2, -0.15) is 0 Å². The standard InChI is InChI=1S/C16H23ClN2O2/c1-4-9-19(10-11-20)15(21)18-12-16(2,3)13-5-7-14(17)8-6-13/h4-8,20H,1,9-12H2,2-3H3,(H,18,21). The van der Waals surface area contributed by atoms with E-state index in [2.05, 4.69) is 25.7 Å². The van der Waals surface area contributed by atoms with Gasteiger partial charge in [-0.05, 0) is 17.7 Å². The maximum absolute atomic E-state index is 12.1. The Morgan fingerprint density at radius 2 is 2.05 bits per heavy atom. The predicted octanol–water partition coefficient (Wildman–Crippen LogP) is 2.81. The van der Waals surface area contributed by atoms with E-state index in [9.17, 15) is 4.79 Å². The largest absolute Gasteiger partial charge is 0.395 e. The van der Waals surface area contributed by atoms with Crippen LogP contribution in [0.4, 0.5) is 4.79 Å². The molecule has 1 rings (SSSR count). The molecule has 1 aromatic rings. The first kappa shape index (κ1) is 17.5. The second-order valence-corrected chi connectivity index (χ2v) is 5.94. The number of nitrogens with one attached hydrogen (secondary N) is 1. The van der Waals surface area contributed by atoms with Crippen LogP contribution < -0.4 is 5.32 Å². The summed E-state index contributed by atoms with van der Waals surface area (Å²) >= 11 is 5.89. The average molecular weight is 311 g/mol. The van der Waals surface area contributed by atoms with Crippen molar-refractivity contribution < 1.29 is 9.90 Å². The lowest BCUT2D eigenvalue weighted by molar-refractivity contribution is 0.182. The Hall–Kier alpha value is -1.52. The highest BCUT2D eigenvalue weighted by Crippen LogP contribution is 2.23. The molecule has 21 heavy (non-hydrogen) atoms. The lowest BCUT2D eigenvalue weighted by atomic mass is 9.85. The molecule has 0 unspecified atom stereocenters. The van der Waals surface area contributed by atoms with Crippen molar-refractivity contribution in [1.29, 1.82) is 0 Å². The molecule has 0 atom stereocenters. The van der Waals surface area contributed by atoms with E-state index in [1.807, 2.05) is 24.3 Å². The summed E-state index contributed by atoms with van der Waals surface area (Å²) in [6.07, 6.45) is 1.64. The zero-order valence-corrected chi connectivity index (χ0v) is 13.4. The van der Waals surface area contributed by atoms with Crippen molar-refractivity contribution in [3.8, 4) is 0 Å². The summed E-state index contributed by atoms with van der Waals surface area (Å²) in [7, 11) is 0. The van der Waals surface area contributed by atoms with Gasteiger partial charge in [0.1, 0.15) is 0 Å². The van der Waals surface area contributed by atoms with E-state index < -0.39 is 0 Å². The minimum absolute atomic E-state index is 0.0676. The normalized spacial score (nSPS) is 11.0. The number of amides is 2. The fraction of sp³-hybridized carbons (Fsp3) is 0.438. The van der Waals surface area contributed by atoms with Crippen LogP contribution in [0, 0.1) is 0 Å². The third-order valence-corrected chi connectivity index (χ3v) is 3.57. The summed E-state index contributed by atoms with van der Waals surface area (Å²) in [5.74, 6) is 0. The molecule has 1 aromatic carbocycles. The second kappa shape index (κ2) is 8.05. The second-order valence-electron chi connectivity index (χ2n) is 5.51. The molecule has 0 heterocycles. The highest BCUT2D eigenvalue weighted by atomic mass is 35.5. The number of halogens is 1. The summed E-state index contributed by atoms with van der Waals surface area (Å²) < 4.78 is 0. The van der Waals surface area contributed by atoms with Crippen molar-refractivity contribution in [3.63, 3.8) is 0 Å². The van der Waals surface area contributed by atoms with Gasteiger partial charge in [-0.1, -0.05) is 43.7 Å². The van der Waals surface area contributed by atoms with Crippen LogP contribution in [0.1, 0.15) is 19.4 Å². The third-order valence-electron chi connectivity index (χ3n) is 3.31. The van der Waals surface area contributed by atoms with Crippen LogP contribution in [0.5, 0.6) is 0 Å². The number of nitrogens with zero attached hydrogens (tertiary/aromatic N) is 1. The first-order chi connectivity index (χ1) is 9.90. The minimum Gasteiger partial charge on any atom is -0.395 e. The molecule has 2 amide bonds. The molecular formula is C16H23ClN2O2. The van der Waals surface area contributed by atoms with Crippen molar-refractivity contribution in [1.82, 2.24) is 10.2 Å². The lowest BCUT2D eigenvalue weighted by Gasteiger charge is -2.28. The van der Waals surface area contributed by atoms with Crippen LogP contribution in [0.3, 0.4) is 0 Å². The number of aliphatic hydroxyl groups excluding tert-OH is 1. The summed E-state index contributed by atoms with van der Waals surface area (Å²) in [5, 5.41) is 12.6. The van der Waals surface area contributed by atoms with E-state index in [1.54, 1.807) is 6.08 Å². The molecule has 0 aromatic heterocycles. The molecule has 5 heteroatoms. The van der Waals surface area contributed by atoms with Crippen molar-refractivity contribution in [2.24, 2.45) is 0 Å². The summed E-state index contributed by atoms with van der Waals surface area (Å²) in [4.78, 5) is 13.6. The molecule has 0 bridgehead atoms. The van der Waals surface area contributed by atoms with Gasteiger partial charge in [0.05, 0.1) is 6.61 Å². The van der Waals surface area contributed by atoms with Gasteiger partial charge in [0.25, 0.3) is 0 Å². The first-order valence-electron chi connectivity index (χ1n) is 6.91. The summed E-state index contributed by atoms with van der Waals surface area (Å²) in [5.41, 5.74) is 0.892. The first-order valence-corrected chi connectivity index (χ1v) is 7.29. The number of aliphatic hydroxyl groups is 1. The van der Waals surface area contributed by atoms with Crippen LogP contribution in [0.2, 0.25) is 5.02 Å². The van der Waals surface area contributed by atoms with E-state index in [-0.39, 0.29) is 18.1 Å². The van der Waals surface area contributed by atoms with E-state index >= 15 is 0 Å². The van der Waals surface area contributed by atoms with E-state index in [0.29, 0.717) is 24.7 Å². The van der Waals surface area contributed by atoms with Crippen LogP contribution in [-0.2, 0) is 5.41 Å². The molecule has 0 spiro atoms. The SMILES string of the molecule is C=CCN(CCO)C(=O)NCC(C)(C)c1ccc(Cl)cc1. The quantitative estimate of drug-likeness (QED) is 0.761. The number of urea groups is 1. The molecule has 116 valence electrons. The Kier molecular flexibility index (Phi) is 6.72. The maximum Gasteiger partial charge on any atom is 0.317 e. The smallest absolute Gasteiger partial charge is 0.317 e. The average Bonchev–Trinajstić information content (AvgIpc) is 2.45. The monoisotopic (exact) mass is 310 g/mol. The minimum atomic E-state index is -0.209. The maximum atomic E-state index is 12.1. The number of carbonyl (C=O) groups excluding carboxylic acids is 1. The van der Waals surface area contributed by atoms with Crippen LogP contribution in [0.25, 0.3) is 0 Å². The molecule has 2 N–H and O–H groups in total. The Morgan fingerprint density at radius 1 is 1.43 bits per heavy atom. The Bertz CT molecular complexity index is 472. The van der Waals surface area contributed by atoms with Gasteiger partial charge >= 0.3 is 6.03 Å². The van der Waals surface area contributed by atoms with Crippen LogP contribution in [-0.4, -0.2) is 42.3 Å². The molecule has 0 aliphatic rings. The number of hydrogen-bond acceptors (Lipinski definition) is 2. The summed E-state index contributed by atoms with van der Waals surface area (Å²) in [6.45, 7) is 8.85. The fourth-order valence-corrected chi connectivity index (χ4v) is 2.09. The van der Waals surface area contributed by atoms with Crippen molar-refractivity contribution in [3.05, 3.63) is 47.5 Å². The van der Waals surface area contributed by atoms with E-state index in [1.165, 1.54) is 4.90 Å². The Morgan fingerprint density at radius 3 is 2.57 bits per heavy atom. The van der Waals surface area contributed by atoms with E-state index in [4.69, 9.17) is 16.7 Å². The molecular weight excluding hydrogens is 288 g/mol. The van der Waals surface area contributed by atoms with Gasteiger partial charge in [0.2, 0.25) is 0 Å².